The van der Waals surface area contributed by atoms with E-state index in [4.69, 9.17) is 0 Å². The molecule has 2 aromatic heterocycles. The standard InChI is InChI=1S/C16H22N6O/c1-11-8-12(2)19-16(18-11)21-15-10-17-9-13(20-15)14-4-3-5-22(14)6-7-23/h8-10,14,23H,3-7H2,1-2H3,(H,18,19,20,21). The highest BCUT2D eigenvalue weighted by atomic mass is 16.3. The van der Waals surface area contributed by atoms with Gasteiger partial charge < -0.3 is 10.4 Å². The molecule has 0 aromatic carbocycles. The number of nitrogens with zero attached hydrogens (tertiary/aromatic N) is 5. The molecular weight excluding hydrogens is 292 g/mol. The highest BCUT2D eigenvalue weighted by Gasteiger charge is 2.26. The van der Waals surface area contributed by atoms with Crippen LogP contribution < -0.4 is 5.32 Å². The van der Waals surface area contributed by atoms with Crippen molar-refractivity contribution in [1.82, 2.24) is 24.8 Å². The maximum absolute atomic E-state index is 9.19. The quantitative estimate of drug-likeness (QED) is 0.869. The van der Waals surface area contributed by atoms with Gasteiger partial charge in [0.2, 0.25) is 5.95 Å². The van der Waals surface area contributed by atoms with E-state index in [0.717, 1.165) is 36.5 Å². The predicted octanol–water partition coefficient (Wildman–Crippen LogP) is 1.76. The van der Waals surface area contributed by atoms with Crippen LogP contribution in [-0.2, 0) is 0 Å². The van der Waals surface area contributed by atoms with Crippen molar-refractivity contribution in [3.05, 3.63) is 35.5 Å². The average Bonchev–Trinajstić information content (AvgIpc) is 2.95. The van der Waals surface area contributed by atoms with Crippen LogP contribution in [0.15, 0.2) is 18.5 Å². The number of β-amino-alcohol motifs (C(OH)–C–C–N with tert-alkyl or cyclic N) is 1. The molecule has 1 fully saturated rings. The first-order valence-corrected chi connectivity index (χ1v) is 7.92. The number of aromatic nitrogens is 4. The molecule has 23 heavy (non-hydrogen) atoms. The number of nitrogens with one attached hydrogen (secondary N) is 1. The average molecular weight is 314 g/mol. The molecule has 3 heterocycles. The lowest BCUT2D eigenvalue weighted by Gasteiger charge is -2.22. The third-order valence-electron chi connectivity index (χ3n) is 3.97. The zero-order chi connectivity index (χ0) is 16.2. The molecular formula is C16H22N6O. The second kappa shape index (κ2) is 6.97. The molecule has 2 N–H and O–H groups in total. The smallest absolute Gasteiger partial charge is 0.228 e. The third kappa shape index (κ3) is 3.80. The van der Waals surface area contributed by atoms with E-state index in [1.165, 1.54) is 0 Å². The number of rotatable bonds is 5. The largest absolute Gasteiger partial charge is 0.395 e. The maximum atomic E-state index is 9.19. The summed E-state index contributed by atoms with van der Waals surface area (Å²) >= 11 is 0. The first kappa shape index (κ1) is 15.8. The fourth-order valence-corrected chi connectivity index (χ4v) is 3.06. The van der Waals surface area contributed by atoms with Crippen LogP contribution in [0.1, 0.15) is 36.0 Å². The van der Waals surface area contributed by atoms with Gasteiger partial charge >= 0.3 is 0 Å². The molecule has 1 aliphatic heterocycles. The van der Waals surface area contributed by atoms with Crippen LogP contribution in [0.5, 0.6) is 0 Å². The summed E-state index contributed by atoms with van der Waals surface area (Å²) in [5, 5.41) is 12.3. The molecule has 0 aliphatic carbocycles. The Morgan fingerprint density at radius 3 is 2.74 bits per heavy atom. The molecule has 0 bridgehead atoms. The van der Waals surface area contributed by atoms with E-state index in [-0.39, 0.29) is 12.6 Å². The fraction of sp³-hybridized carbons (Fsp3) is 0.500. The van der Waals surface area contributed by atoms with E-state index >= 15 is 0 Å². The third-order valence-corrected chi connectivity index (χ3v) is 3.97. The van der Waals surface area contributed by atoms with Crippen molar-refractivity contribution in [2.24, 2.45) is 0 Å². The second-order valence-corrected chi connectivity index (χ2v) is 5.85. The first-order valence-electron chi connectivity index (χ1n) is 7.92. The fourth-order valence-electron chi connectivity index (χ4n) is 3.06. The molecule has 2 aromatic rings. The number of anilines is 2. The van der Waals surface area contributed by atoms with Crippen molar-refractivity contribution in [3.8, 4) is 0 Å². The zero-order valence-electron chi connectivity index (χ0n) is 13.5. The second-order valence-electron chi connectivity index (χ2n) is 5.85. The van der Waals surface area contributed by atoms with Crippen molar-refractivity contribution in [3.63, 3.8) is 0 Å². The van der Waals surface area contributed by atoms with Gasteiger partial charge in [-0.15, -0.1) is 0 Å². The van der Waals surface area contributed by atoms with Crippen molar-refractivity contribution in [2.45, 2.75) is 32.7 Å². The summed E-state index contributed by atoms with van der Waals surface area (Å²) in [4.78, 5) is 19.9. The molecule has 1 saturated heterocycles. The lowest BCUT2D eigenvalue weighted by atomic mass is 10.1. The normalized spacial score (nSPS) is 18.3. The molecule has 7 nitrogen and oxygen atoms in total. The van der Waals surface area contributed by atoms with Crippen molar-refractivity contribution in [2.75, 3.05) is 25.0 Å². The molecule has 7 heteroatoms. The minimum Gasteiger partial charge on any atom is -0.395 e. The zero-order valence-corrected chi connectivity index (χ0v) is 13.5. The highest BCUT2D eigenvalue weighted by molar-refractivity contribution is 5.46. The lowest BCUT2D eigenvalue weighted by molar-refractivity contribution is 0.183. The minimum absolute atomic E-state index is 0.165. The minimum atomic E-state index is 0.165. The molecule has 3 rings (SSSR count). The van der Waals surface area contributed by atoms with Crippen molar-refractivity contribution >= 4 is 11.8 Å². The van der Waals surface area contributed by atoms with Gasteiger partial charge in [-0.25, -0.2) is 15.0 Å². The summed E-state index contributed by atoms with van der Waals surface area (Å²) in [7, 11) is 0. The van der Waals surface area contributed by atoms with E-state index in [2.05, 4.69) is 30.2 Å². The molecule has 0 spiro atoms. The number of hydrogen-bond donors (Lipinski definition) is 2. The van der Waals surface area contributed by atoms with E-state index in [1.54, 1.807) is 12.4 Å². The van der Waals surface area contributed by atoms with E-state index in [1.807, 2.05) is 19.9 Å². The number of hydrogen-bond acceptors (Lipinski definition) is 7. The summed E-state index contributed by atoms with van der Waals surface area (Å²) in [6.45, 7) is 5.70. The SMILES string of the molecule is Cc1cc(C)nc(Nc2cncc(C3CCCN3CCO)n2)n1. The van der Waals surface area contributed by atoms with Crippen LogP contribution in [0, 0.1) is 13.8 Å². The van der Waals surface area contributed by atoms with Crippen LogP contribution in [-0.4, -0.2) is 49.6 Å². The van der Waals surface area contributed by atoms with Gasteiger partial charge in [0.05, 0.1) is 30.7 Å². The lowest BCUT2D eigenvalue weighted by Crippen LogP contribution is -2.27. The summed E-state index contributed by atoms with van der Waals surface area (Å²) in [5.41, 5.74) is 2.74. The first-order chi connectivity index (χ1) is 11.2. The van der Waals surface area contributed by atoms with Gasteiger partial charge in [0, 0.05) is 17.9 Å². The Balaban J connectivity index is 1.79. The highest BCUT2D eigenvalue weighted by Crippen LogP contribution is 2.30. The maximum Gasteiger partial charge on any atom is 0.228 e. The van der Waals surface area contributed by atoms with Crippen LogP contribution in [0.3, 0.4) is 0 Å². The Labute approximate surface area is 135 Å². The van der Waals surface area contributed by atoms with E-state index < -0.39 is 0 Å². The number of aliphatic hydroxyl groups is 1. The Morgan fingerprint density at radius 1 is 1.22 bits per heavy atom. The Kier molecular flexibility index (Phi) is 4.78. The molecule has 122 valence electrons. The van der Waals surface area contributed by atoms with Gasteiger partial charge in [-0.2, -0.15) is 0 Å². The Morgan fingerprint density at radius 2 is 2.00 bits per heavy atom. The molecule has 0 amide bonds. The van der Waals surface area contributed by atoms with Crippen molar-refractivity contribution < 1.29 is 5.11 Å². The topological polar surface area (TPSA) is 87.1 Å². The van der Waals surface area contributed by atoms with Crippen molar-refractivity contribution in [1.29, 1.82) is 0 Å². The molecule has 1 atom stereocenters. The van der Waals surface area contributed by atoms with Gasteiger partial charge in [-0.1, -0.05) is 0 Å². The van der Waals surface area contributed by atoms with Crippen LogP contribution in [0.2, 0.25) is 0 Å². The summed E-state index contributed by atoms with van der Waals surface area (Å²) in [6.07, 6.45) is 5.63. The van der Waals surface area contributed by atoms with Crippen LogP contribution in [0.4, 0.5) is 11.8 Å². The summed E-state index contributed by atoms with van der Waals surface area (Å²) in [5.74, 6) is 1.18. The molecule has 1 unspecified atom stereocenters. The molecule has 0 radical (unpaired) electrons. The number of aliphatic hydroxyl groups excluding tert-OH is 1. The predicted molar refractivity (Wildman–Crippen MR) is 87.5 cm³/mol. The van der Waals surface area contributed by atoms with Crippen LogP contribution >= 0.6 is 0 Å². The number of likely N-dealkylation sites (tertiary alicyclic amines) is 1. The van der Waals surface area contributed by atoms with Gasteiger partial charge in [-0.05, 0) is 39.3 Å². The van der Waals surface area contributed by atoms with Crippen LogP contribution in [0.25, 0.3) is 0 Å². The summed E-state index contributed by atoms with van der Waals surface area (Å²) in [6, 6.07) is 2.15. The van der Waals surface area contributed by atoms with Gasteiger partial charge in [0.1, 0.15) is 0 Å². The van der Waals surface area contributed by atoms with Gasteiger partial charge in [0.25, 0.3) is 0 Å². The Hall–Kier alpha value is -2.12. The number of aryl methyl sites for hydroxylation is 2. The van der Waals surface area contributed by atoms with E-state index in [9.17, 15) is 5.11 Å². The monoisotopic (exact) mass is 314 g/mol. The van der Waals surface area contributed by atoms with Gasteiger partial charge in [0.15, 0.2) is 5.82 Å². The summed E-state index contributed by atoms with van der Waals surface area (Å²) < 4.78 is 0. The van der Waals surface area contributed by atoms with Gasteiger partial charge in [-0.3, -0.25) is 9.88 Å². The molecule has 1 aliphatic rings. The van der Waals surface area contributed by atoms with E-state index in [0.29, 0.717) is 18.3 Å². The Bertz CT molecular complexity index is 657. The molecule has 0 saturated carbocycles.